The fraction of sp³-hybridized carbons (Fsp3) is 0.600. The average Bonchev–Trinajstić information content (AvgIpc) is 2.89. The summed E-state index contributed by atoms with van der Waals surface area (Å²) in [5, 5.41) is 0. The van der Waals surface area contributed by atoms with Gasteiger partial charge in [0.2, 0.25) is 0 Å². The molecule has 20 heavy (non-hydrogen) atoms. The van der Waals surface area contributed by atoms with E-state index in [1.54, 1.807) is 6.07 Å². The number of halogens is 1. The summed E-state index contributed by atoms with van der Waals surface area (Å²) in [5.74, 6) is -0.0806. The van der Waals surface area contributed by atoms with Crippen molar-refractivity contribution < 1.29 is 18.6 Å². The first-order chi connectivity index (χ1) is 9.72. The van der Waals surface area contributed by atoms with Gasteiger partial charge in [0.25, 0.3) is 0 Å². The third kappa shape index (κ3) is 2.60. The Morgan fingerprint density at radius 2 is 1.95 bits per heavy atom. The summed E-state index contributed by atoms with van der Waals surface area (Å²) < 4.78 is 30.8. The Morgan fingerprint density at radius 3 is 2.55 bits per heavy atom. The number of anilines is 1. The van der Waals surface area contributed by atoms with Crippen LogP contribution in [0.15, 0.2) is 18.2 Å². The van der Waals surface area contributed by atoms with Crippen molar-refractivity contribution in [1.82, 2.24) is 0 Å². The molecule has 1 spiro atoms. The highest BCUT2D eigenvalue weighted by Gasteiger charge is 2.40. The second-order valence-corrected chi connectivity index (χ2v) is 5.14. The second kappa shape index (κ2) is 5.58. The minimum Gasteiger partial charge on any atom is -0.494 e. The zero-order chi connectivity index (χ0) is 14.0. The van der Waals surface area contributed by atoms with Gasteiger partial charge in [-0.3, -0.25) is 0 Å². The molecule has 1 aromatic carbocycles. The van der Waals surface area contributed by atoms with Crippen LogP contribution >= 0.6 is 0 Å². The SMILES string of the molecule is CCOc1ccc(N2CCC3(CC2)OCCO3)c(F)c1. The molecule has 2 aliphatic heterocycles. The molecule has 1 aromatic rings. The minimum absolute atomic E-state index is 0.236. The highest BCUT2D eigenvalue weighted by molar-refractivity contribution is 5.51. The van der Waals surface area contributed by atoms with E-state index in [2.05, 4.69) is 0 Å². The third-order valence-corrected chi connectivity index (χ3v) is 3.91. The van der Waals surface area contributed by atoms with E-state index in [0.29, 0.717) is 31.3 Å². The number of rotatable bonds is 3. The molecule has 5 heteroatoms. The fourth-order valence-electron chi connectivity index (χ4n) is 2.87. The first kappa shape index (κ1) is 13.6. The summed E-state index contributed by atoms with van der Waals surface area (Å²) in [4.78, 5) is 2.04. The maximum Gasteiger partial charge on any atom is 0.171 e. The van der Waals surface area contributed by atoms with Crippen LogP contribution in [0.5, 0.6) is 5.75 Å². The van der Waals surface area contributed by atoms with Crippen molar-refractivity contribution in [3.05, 3.63) is 24.0 Å². The molecule has 0 aliphatic carbocycles. The first-order valence-electron chi connectivity index (χ1n) is 7.18. The van der Waals surface area contributed by atoms with Crippen LogP contribution in [-0.4, -0.2) is 38.7 Å². The smallest absolute Gasteiger partial charge is 0.171 e. The Balaban J connectivity index is 1.68. The molecule has 0 amide bonds. The van der Waals surface area contributed by atoms with Crippen molar-refractivity contribution in [3.63, 3.8) is 0 Å². The summed E-state index contributed by atoms with van der Waals surface area (Å²) in [6.07, 6.45) is 1.55. The fourth-order valence-corrected chi connectivity index (χ4v) is 2.87. The number of hydrogen-bond acceptors (Lipinski definition) is 4. The van der Waals surface area contributed by atoms with E-state index in [4.69, 9.17) is 14.2 Å². The van der Waals surface area contributed by atoms with Gasteiger partial charge < -0.3 is 19.1 Å². The molecule has 110 valence electrons. The van der Waals surface area contributed by atoms with E-state index in [1.807, 2.05) is 17.9 Å². The quantitative estimate of drug-likeness (QED) is 0.852. The molecule has 2 heterocycles. The Labute approximate surface area is 118 Å². The third-order valence-electron chi connectivity index (χ3n) is 3.91. The maximum absolute atomic E-state index is 14.1. The molecule has 4 nitrogen and oxygen atoms in total. The molecule has 3 rings (SSSR count). The Morgan fingerprint density at radius 1 is 1.25 bits per heavy atom. The van der Waals surface area contributed by atoms with Crippen LogP contribution < -0.4 is 9.64 Å². The topological polar surface area (TPSA) is 30.9 Å². The van der Waals surface area contributed by atoms with Crippen LogP contribution in [-0.2, 0) is 9.47 Å². The van der Waals surface area contributed by atoms with E-state index in [-0.39, 0.29) is 5.82 Å². The number of benzene rings is 1. The predicted octanol–water partition coefficient (Wildman–Crippen LogP) is 2.57. The number of nitrogens with zero attached hydrogens (tertiary/aromatic N) is 1. The average molecular weight is 281 g/mol. The minimum atomic E-state index is -0.418. The molecule has 0 N–H and O–H groups in total. The van der Waals surface area contributed by atoms with Crippen molar-refractivity contribution in [3.8, 4) is 5.75 Å². The van der Waals surface area contributed by atoms with E-state index in [1.165, 1.54) is 6.07 Å². The summed E-state index contributed by atoms with van der Waals surface area (Å²) in [6, 6.07) is 5.05. The second-order valence-electron chi connectivity index (χ2n) is 5.14. The lowest BCUT2D eigenvalue weighted by Crippen LogP contribution is -2.45. The largest absolute Gasteiger partial charge is 0.494 e. The van der Waals surface area contributed by atoms with Gasteiger partial charge in [-0.1, -0.05) is 0 Å². The van der Waals surface area contributed by atoms with Crippen LogP contribution in [0.25, 0.3) is 0 Å². The molecule has 0 radical (unpaired) electrons. The van der Waals surface area contributed by atoms with Gasteiger partial charge in [-0.05, 0) is 19.1 Å². The van der Waals surface area contributed by atoms with Gasteiger partial charge in [0, 0.05) is 32.0 Å². The van der Waals surface area contributed by atoms with Gasteiger partial charge in [-0.15, -0.1) is 0 Å². The van der Waals surface area contributed by atoms with Crippen LogP contribution in [0, 0.1) is 5.82 Å². The van der Waals surface area contributed by atoms with Crippen LogP contribution in [0.4, 0.5) is 10.1 Å². The van der Waals surface area contributed by atoms with E-state index >= 15 is 0 Å². The van der Waals surface area contributed by atoms with Crippen LogP contribution in [0.1, 0.15) is 19.8 Å². The van der Waals surface area contributed by atoms with E-state index < -0.39 is 5.79 Å². The zero-order valence-corrected chi connectivity index (χ0v) is 11.7. The van der Waals surface area contributed by atoms with Crippen molar-refractivity contribution in [2.24, 2.45) is 0 Å². The van der Waals surface area contributed by atoms with Crippen LogP contribution in [0.3, 0.4) is 0 Å². The molecule has 2 aliphatic rings. The molecule has 0 atom stereocenters. The molecule has 0 saturated carbocycles. The van der Waals surface area contributed by atoms with Crippen molar-refractivity contribution in [2.45, 2.75) is 25.6 Å². The first-order valence-corrected chi connectivity index (χ1v) is 7.18. The summed E-state index contributed by atoms with van der Waals surface area (Å²) in [7, 11) is 0. The lowest BCUT2D eigenvalue weighted by molar-refractivity contribution is -0.169. The van der Waals surface area contributed by atoms with Gasteiger partial charge in [-0.2, -0.15) is 0 Å². The van der Waals surface area contributed by atoms with Crippen molar-refractivity contribution in [1.29, 1.82) is 0 Å². The lowest BCUT2D eigenvalue weighted by Gasteiger charge is -2.38. The van der Waals surface area contributed by atoms with Crippen molar-refractivity contribution >= 4 is 5.69 Å². The highest BCUT2D eigenvalue weighted by atomic mass is 19.1. The Kier molecular flexibility index (Phi) is 3.81. The van der Waals surface area contributed by atoms with Gasteiger partial charge in [-0.25, -0.2) is 4.39 Å². The molecular weight excluding hydrogens is 261 g/mol. The van der Waals surface area contributed by atoms with Gasteiger partial charge in [0.1, 0.15) is 11.6 Å². The molecular formula is C15H20FNO3. The van der Waals surface area contributed by atoms with Crippen molar-refractivity contribution in [2.75, 3.05) is 37.8 Å². The molecule has 2 saturated heterocycles. The zero-order valence-electron chi connectivity index (χ0n) is 11.7. The highest BCUT2D eigenvalue weighted by Crippen LogP contribution is 2.34. The monoisotopic (exact) mass is 281 g/mol. The molecule has 0 bridgehead atoms. The Hall–Kier alpha value is -1.33. The maximum atomic E-state index is 14.1. The Bertz CT molecular complexity index is 464. The standard InChI is InChI=1S/C15H20FNO3/c1-2-18-12-3-4-14(13(16)11-12)17-7-5-15(6-8-17)19-9-10-20-15/h3-4,11H,2,5-10H2,1H3. The number of ether oxygens (including phenoxy) is 3. The van der Waals surface area contributed by atoms with E-state index in [0.717, 1.165) is 25.9 Å². The summed E-state index contributed by atoms with van der Waals surface area (Å²) in [5.41, 5.74) is 0.626. The number of piperidine rings is 1. The molecule has 2 fully saturated rings. The predicted molar refractivity (Wildman–Crippen MR) is 73.7 cm³/mol. The van der Waals surface area contributed by atoms with Gasteiger partial charge >= 0.3 is 0 Å². The van der Waals surface area contributed by atoms with Gasteiger partial charge in [0.05, 0.1) is 25.5 Å². The molecule has 0 aromatic heterocycles. The van der Waals surface area contributed by atoms with Gasteiger partial charge in [0.15, 0.2) is 5.79 Å². The lowest BCUT2D eigenvalue weighted by atomic mass is 10.0. The normalized spacial score (nSPS) is 21.4. The summed E-state index contributed by atoms with van der Waals surface area (Å²) >= 11 is 0. The number of hydrogen-bond donors (Lipinski definition) is 0. The summed E-state index contributed by atoms with van der Waals surface area (Å²) in [6.45, 7) is 5.24. The molecule has 0 unspecified atom stereocenters. The van der Waals surface area contributed by atoms with E-state index in [9.17, 15) is 4.39 Å². The van der Waals surface area contributed by atoms with Crippen LogP contribution in [0.2, 0.25) is 0 Å².